The third kappa shape index (κ3) is 2.67. The first-order chi connectivity index (χ1) is 10.3. The Balaban J connectivity index is 2.14. The third-order valence-electron chi connectivity index (χ3n) is 3.12. The number of aromatic nitrogens is 3. The maximum atomic E-state index is 13.1. The fraction of sp³-hybridized carbons (Fsp3) is 0.0588. The minimum Gasteiger partial charge on any atom is -0.265 e. The SMILES string of the molecule is C#CCn1cc(-c2ccncc2)c(-c2ccc(F)cc2)n1. The van der Waals surface area contributed by atoms with Gasteiger partial charge >= 0.3 is 0 Å². The highest BCUT2D eigenvalue weighted by Gasteiger charge is 2.12. The average molecular weight is 277 g/mol. The molecule has 0 amide bonds. The lowest BCUT2D eigenvalue weighted by molar-refractivity contribution is 0.628. The van der Waals surface area contributed by atoms with Gasteiger partial charge in [-0.3, -0.25) is 9.67 Å². The molecule has 2 aromatic heterocycles. The molecule has 0 radical (unpaired) electrons. The average Bonchev–Trinajstić information content (AvgIpc) is 2.93. The summed E-state index contributed by atoms with van der Waals surface area (Å²) in [4.78, 5) is 4.02. The van der Waals surface area contributed by atoms with Gasteiger partial charge < -0.3 is 0 Å². The predicted octanol–water partition coefficient (Wildman–Crippen LogP) is 3.38. The molecule has 0 bridgehead atoms. The standard InChI is InChI=1S/C17H12FN3/c1-2-11-21-12-16(13-7-9-19-10-8-13)17(20-21)14-3-5-15(18)6-4-14/h1,3-10,12H,11H2. The van der Waals surface area contributed by atoms with Crippen molar-refractivity contribution in [2.45, 2.75) is 6.54 Å². The molecule has 1 aromatic carbocycles. The molecule has 21 heavy (non-hydrogen) atoms. The second kappa shape index (κ2) is 5.59. The van der Waals surface area contributed by atoms with E-state index in [0.29, 0.717) is 6.54 Å². The zero-order chi connectivity index (χ0) is 14.7. The number of halogens is 1. The van der Waals surface area contributed by atoms with E-state index in [1.807, 2.05) is 18.3 Å². The highest BCUT2D eigenvalue weighted by Crippen LogP contribution is 2.30. The topological polar surface area (TPSA) is 30.7 Å². The first-order valence-electron chi connectivity index (χ1n) is 6.45. The molecule has 0 saturated carbocycles. The summed E-state index contributed by atoms with van der Waals surface area (Å²) >= 11 is 0. The van der Waals surface area contributed by atoms with Crippen molar-refractivity contribution in [1.29, 1.82) is 0 Å². The molecule has 0 spiro atoms. The molecule has 3 nitrogen and oxygen atoms in total. The van der Waals surface area contributed by atoms with Crippen molar-refractivity contribution in [1.82, 2.24) is 14.8 Å². The van der Waals surface area contributed by atoms with Gasteiger partial charge in [0.25, 0.3) is 0 Å². The molecule has 0 unspecified atom stereocenters. The van der Waals surface area contributed by atoms with E-state index >= 15 is 0 Å². The van der Waals surface area contributed by atoms with Crippen LogP contribution in [0.3, 0.4) is 0 Å². The van der Waals surface area contributed by atoms with E-state index in [-0.39, 0.29) is 5.82 Å². The summed E-state index contributed by atoms with van der Waals surface area (Å²) in [5.74, 6) is 2.29. The van der Waals surface area contributed by atoms with Gasteiger partial charge in [-0.15, -0.1) is 6.42 Å². The summed E-state index contributed by atoms with van der Waals surface area (Å²) in [7, 11) is 0. The lowest BCUT2D eigenvalue weighted by Crippen LogP contribution is -1.95. The Labute approximate surface area is 122 Å². The normalized spacial score (nSPS) is 10.3. The van der Waals surface area contributed by atoms with Gasteiger partial charge in [-0.25, -0.2) is 4.39 Å². The van der Waals surface area contributed by atoms with Crippen molar-refractivity contribution >= 4 is 0 Å². The second-order valence-corrected chi connectivity index (χ2v) is 4.54. The van der Waals surface area contributed by atoms with Gasteiger partial charge in [0.15, 0.2) is 0 Å². The zero-order valence-electron chi connectivity index (χ0n) is 11.2. The van der Waals surface area contributed by atoms with Crippen molar-refractivity contribution in [2.75, 3.05) is 0 Å². The number of hydrogen-bond acceptors (Lipinski definition) is 2. The monoisotopic (exact) mass is 277 g/mol. The Morgan fingerprint density at radius 1 is 1.05 bits per heavy atom. The molecule has 3 rings (SSSR count). The predicted molar refractivity (Wildman–Crippen MR) is 79.7 cm³/mol. The van der Waals surface area contributed by atoms with Gasteiger partial charge in [0.2, 0.25) is 0 Å². The van der Waals surface area contributed by atoms with Crippen molar-refractivity contribution in [3.05, 3.63) is 60.8 Å². The van der Waals surface area contributed by atoms with E-state index in [2.05, 4.69) is 16.0 Å². The molecule has 4 heteroatoms. The molecular formula is C17H12FN3. The molecule has 0 atom stereocenters. The van der Waals surface area contributed by atoms with E-state index in [1.54, 1.807) is 29.2 Å². The van der Waals surface area contributed by atoms with Crippen LogP contribution in [0.25, 0.3) is 22.4 Å². The maximum Gasteiger partial charge on any atom is 0.123 e. The number of rotatable bonds is 3. The number of hydrogen-bond donors (Lipinski definition) is 0. The van der Waals surface area contributed by atoms with E-state index in [1.165, 1.54) is 12.1 Å². The number of nitrogens with zero attached hydrogens (tertiary/aromatic N) is 3. The van der Waals surface area contributed by atoms with E-state index in [9.17, 15) is 4.39 Å². The van der Waals surface area contributed by atoms with Crippen LogP contribution in [-0.4, -0.2) is 14.8 Å². The van der Waals surface area contributed by atoms with Gasteiger partial charge in [0, 0.05) is 29.7 Å². The summed E-state index contributed by atoms with van der Waals surface area (Å²) in [5.41, 5.74) is 3.56. The van der Waals surface area contributed by atoms with Crippen LogP contribution < -0.4 is 0 Å². The molecule has 3 aromatic rings. The largest absolute Gasteiger partial charge is 0.265 e. The number of terminal acetylenes is 1. The third-order valence-corrected chi connectivity index (χ3v) is 3.12. The van der Waals surface area contributed by atoms with E-state index in [4.69, 9.17) is 6.42 Å². The molecule has 2 heterocycles. The smallest absolute Gasteiger partial charge is 0.123 e. The molecule has 0 fully saturated rings. The molecule has 0 saturated heterocycles. The van der Waals surface area contributed by atoms with Gasteiger partial charge in [0.1, 0.15) is 18.1 Å². The lowest BCUT2D eigenvalue weighted by Gasteiger charge is -2.02. The van der Waals surface area contributed by atoms with Crippen LogP contribution in [-0.2, 0) is 6.54 Å². The zero-order valence-corrected chi connectivity index (χ0v) is 11.2. The van der Waals surface area contributed by atoms with Crippen molar-refractivity contribution < 1.29 is 4.39 Å². The summed E-state index contributed by atoms with van der Waals surface area (Å²) < 4.78 is 14.8. The van der Waals surface area contributed by atoms with Gasteiger partial charge in [-0.2, -0.15) is 5.10 Å². The van der Waals surface area contributed by atoms with Crippen LogP contribution in [0, 0.1) is 18.2 Å². The molecule has 0 aliphatic carbocycles. The van der Waals surface area contributed by atoms with Crippen LogP contribution >= 0.6 is 0 Å². The molecule has 0 aliphatic heterocycles. The van der Waals surface area contributed by atoms with Crippen LogP contribution in [0.5, 0.6) is 0 Å². The highest BCUT2D eigenvalue weighted by atomic mass is 19.1. The fourth-order valence-electron chi connectivity index (χ4n) is 2.16. The minimum absolute atomic E-state index is 0.271. The Morgan fingerprint density at radius 3 is 2.43 bits per heavy atom. The Hall–Kier alpha value is -2.93. The number of pyridine rings is 1. The number of benzene rings is 1. The van der Waals surface area contributed by atoms with E-state index in [0.717, 1.165) is 22.4 Å². The second-order valence-electron chi connectivity index (χ2n) is 4.54. The van der Waals surface area contributed by atoms with Gasteiger partial charge in [0.05, 0.1) is 0 Å². The van der Waals surface area contributed by atoms with E-state index < -0.39 is 0 Å². The molecule has 102 valence electrons. The lowest BCUT2D eigenvalue weighted by atomic mass is 10.0. The first-order valence-corrected chi connectivity index (χ1v) is 6.45. The Morgan fingerprint density at radius 2 is 1.76 bits per heavy atom. The first kappa shape index (κ1) is 13.1. The van der Waals surface area contributed by atoms with Crippen molar-refractivity contribution in [2.24, 2.45) is 0 Å². The van der Waals surface area contributed by atoms with Gasteiger partial charge in [-0.1, -0.05) is 5.92 Å². The summed E-state index contributed by atoms with van der Waals surface area (Å²) in [6.45, 7) is 0.388. The fourth-order valence-corrected chi connectivity index (χ4v) is 2.16. The summed E-state index contributed by atoms with van der Waals surface area (Å²) in [5, 5.41) is 4.51. The minimum atomic E-state index is -0.271. The molecule has 0 N–H and O–H groups in total. The van der Waals surface area contributed by atoms with Crippen LogP contribution in [0.4, 0.5) is 4.39 Å². The quantitative estimate of drug-likeness (QED) is 0.687. The Bertz CT molecular complexity index is 783. The molecule has 0 aliphatic rings. The summed E-state index contributed by atoms with van der Waals surface area (Å²) in [6.07, 6.45) is 10.7. The highest BCUT2D eigenvalue weighted by molar-refractivity contribution is 5.80. The summed E-state index contributed by atoms with van der Waals surface area (Å²) in [6, 6.07) is 10.1. The molecular weight excluding hydrogens is 265 g/mol. The van der Waals surface area contributed by atoms with Crippen LogP contribution in [0.2, 0.25) is 0 Å². The van der Waals surface area contributed by atoms with Crippen LogP contribution in [0.15, 0.2) is 55.0 Å². The maximum absolute atomic E-state index is 13.1. The van der Waals surface area contributed by atoms with Gasteiger partial charge in [-0.05, 0) is 42.0 Å². The van der Waals surface area contributed by atoms with Crippen molar-refractivity contribution in [3.63, 3.8) is 0 Å². The van der Waals surface area contributed by atoms with Crippen molar-refractivity contribution in [3.8, 4) is 34.7 Å². The Kier molecular flexibility index (Phi) is 3.48. The van der Waals surface area contributed by atoms with Crippen LogP contribution in [0.1, 0.15) is 0 Å².